The number of morpholine rings is 1. The molecule has 1 aromatic heterocycles. The molecule has 51 heavy (non-hydrogen) atoms. The molecule has 1 aromatic rings. The third-order valence-electron chi connectivity index (χ3n) is 9.31. The molecule has 3 saturated heterocycles. The van der Waals surface area contributed by atoms with Crippen molar-refractivity contribution in [3.05, 3.63) is 23.2 Å². The highest BCUT2D eigenvalue weighted by Gasteiger charge is 2.56. The molecule has 288 valence electrons. The van der Waals surface area contributed by atoms with E-state index in [9.17, 15) is 52.8 Å². The fraction of sp³-hybridized carbons (Fsp3) is 0.750. The standard InChI is InChI=1S/C32H47F3N4O12/c1-17-12-19(25(49-17)32(33,34)35)26(44)36-14-21(42)23(43)24-22(37-18(2)40)20(41)13-31(50-24,27(45)46)7-9-39-10-11-48-16-30(39)6-8-38(15-30)28(47)51-29(3,4)5/h12,20-24,41-43H,6-11,13-16H2,1-5H3,(H,36,44)(H,37,40)(H,45,46)/t20-,21+,22+,23+,24+,30-,31+/m0/s1. The van der Waals surface area contributed by atoms with Gasteiger partial charge in [0.25, 0.3) is 5.91 Å². The van der Waals surface area contributed by atoms with Gasteiger partial charge < -0.3 is 54.6 Å². The second-order valence-corrected chi connectivity index (χ2v) is 14.4. The summed E-state index contributed by atoms with van der Waals surface area (Å²) in [6.07, 6.45) is -13.1. The normalized spacial score (nSPS) is 28.7. The van der Waals surface area contributed by atoms with E-state index in [0.29, 0.717) is 26.1 Å². The molecule has 4 heterocycles. The number of nitrogens with one attached hydrogen (secondary N) is 2. The van der Waals surface area contributed by atoms with Crippen molar-refractivity contribution in [3.8, 4) is 0 Å². The van der Waals surface area contributed by atoms with Gasteiger partial charge in [-0.2, -0.15) is 13.2 Å². The number of carboxylic acids is 1. The summed E-state index contributed by atoms with van der Waals surface area (Å²) >= 11 is 0. The van der Waals surface area contributed by atoms with E-state index in [2.05, 4.69) is 15.1 Å². The van der Waals surface area contributed by atoms with E-state index in [1.807, 2.05) is 4.90 Å². The number of carbonyl (C=O) groups excluding carboxylic acids is 3. The topological polar surface area (TPSA) is 221 Å². The second-order valence-electron chi connectivity index (χ2n) is 14.4. The smallest absolute Gasteiger partial charge is 0.450 e. The summed E-state index contributed by atoms with van der Waals surface area (Å²) in [5.41, 5.74) is -4.40. The van der Waals surface area contributed by atoms with Crippen molar-refractivity contribution >= 4 is 23.9 Å². The molecule has 3 amide bonds. The summed E-state index contributed by atoms with van der Waals surface area (Å²) in [7, 11) is 0. The summed E-state index contributed by atoms with van der Waals surface area (Å²) in [6, 6.07) is -0.565. The van der Waals surface area contributed by atoms with Gasteiger partial charge in [-0.15, -0.1) is 0 Å². The lowest BCUT2D eigenvalue weighted by Crippen LogP contribution is -2.68. The average molecular weight is 737 g/mol. The molecule has 0 unspecified atom stereocenters. The molecular weight excluding hydrogens is 689 g/mol. The number of ether oxygens (including phenoxy) is 3. The van der Waals surface area contributed by atoms with Crippen LogP contribution in [0.15, 0.2) is 10.5 Å². The Bertz CT molecular complexity index is 1450. The van der Waals surface area contributed by atoms with E-state index in [1.54, 1.807) is 25.7 Å². The van der Waals surface area contributed by atoms with Crippen LogP contribution in [0.5, 0.6) is 0 Å². The summed E-state index contributed by atoms with van der Waals surface area (Å²) in [5, 5.41) is 48.2. The predicted octanol–water partition coefficient (Wildman–Crippen LogP) is 0.638. The zero-order valence-corrected chi connectivity index (χ0v) is 29.1. The molecule has 6 N–H and O–H groups in total. The summed E-state index contributed by atoms with van der Waals surface area (Å²) < 4.78 is 62.0. The lowest BCUT2D eigenvalue weighted by molar-refractivity contribution is -0.231. The van der Waals surface area contributed by atoms with Crippen molar-refractivity contribution in [1.29, 1.82) is 0 Å². The van der Waals surface area contributed by atoms with E-state index in [0.717, 1.165) is 13.0 Å². The highest BCUT2D eigenvalue weighted by atomic mass is 19.4. The maximum absolute atomic E-state index is 13.4. The number of rotatable bonds is 10. The number of amides is 3. The number of alkyl halides is 3. The van der Waals surface area contributed by atoms with Gasteiger partial charge in [0.2, 0.25) is 11.7 Å². The molecule has 4 rings (SSSR count). The van der Waals surface area contributed by atoms with Crippen molar-refractivity contribution in [2.45, 2.75) is 107 Å². The van der Waals surface area contributed by atoms with E-state index < -0.39 is 102 Å². The monoisotopic (exact) mass is 736 g/mol. The van der Waals surface area contributed by atoms with Crippen LogP contribution in [0.1, 0.15) is 68.8 Å². The fourth-order valence-electron chi connectivity index (χ4n) is 6.84. The molecule has 0 saturated carbocycles. The number of carbonyl (C=O) groups is 4. The summed E-state index contributed by atoms with van der Waals surface area (Å²) in [5.74, 6) is -5.20. The molecule has 0 aliphatic carbocycles. The first-order valence-corrected chi connectivity index (χ1v) is 16.6. The summed E-state index contributed by atoms with van der Waals surface area (Å²) in [4.78, 5) is 54.0. The average Bonchev–Trinajstić information content (AvgIpc) is 3.63. The van der Waals surface area contributed by atoms with Gasteiger partial charge in [-0.05, 0) is 40.2 Å². The number of aliphatic hydroxyl groups excluding tert-OH is 3. The van der Waals surface area contributed by atoms with Crippen molar-refractivity contribution in [1.82, 2.24) is 20.4 Å². The van der Waals surface area contributed by atoms with E-state index in [4.69, 9.17) is 14.2 Å². The zero-order chi connectivity index (χ0) is 38.1. The van der Waals surface area contributed by atoms with E-state index >= 15 is 0 Å². The van der Waals surface area contributed by atoms with Gasteiger partial charge >= 0.3 is 18.2 Å². The Morgan fingerprint density at radius 2 is 1.84 bits per heavy atom. The molecule has 3 aliphatic heterocycles. The SMILES string of the molecule is CC(=O)N[C@H]1[C@H]([C@H](O)[C@H](O)CNC(=O)c2cc(C)oc2C(F)(F)F)O[C@@](CCN2CCOC[C@@]23CCN(C(=O)OC(C)(C)C)C3)(C(=O)O)C[C@@H]1O. The molecule has 16 nitrogen and oxygen atoms in total. The van der Waals surface area contributed by atoms with Crippen molar-refractivity contribution < 1.29 is 71.4 Å². The first-order valence-electron chi connectivity index (χ1n) is 16.6. The minimum absolute atomic E-state index is 0.0857. The highest BCUT2D eigenvalue weighted by Crippen LogP contribution is 2.38. The Kier molecular flexibility index (Phi) is 12.0. The number of aryl methyl sites for hydroxylation is 1. The number of hydrogen-bond donors (Lipinski definition) is 6. The van der Waals surface area contributed by atoms with Crippen LogP contribution in [0.2, 0.25) is 0 Å². The van der Waals surface area contributed by atoms with Crippen LogP contribution in [0, 0.1) is 6.92 Å². The number of furan rings is 1. The van der Waals surface area contributed by atoms with Gasteiger partial charge in [0.15, 0.2) is 5.60 Å². The first-order chi connectivity index (χ1) is 23.6. The number of carboxylic acid groups (broad SMARTS) is 1. The molecule has 3 aliphatic rings. The minimum Gasteiger partial charge on any atom is -0.479 e. The van der Waals surface area contributed by atoms with Crippen LogP contribution in [0.4, 0.5) is 18.0 Å². The Morgan fingerprint density at radius 3 is 2.45 bits per heavy atom. The first kappa shape index (κ1) is 40.3. The Labute approximate surface area is 292 Å². The number of likely N-dealkylation sites (tertiary alicyclic amines) is 1. The van der Waals surface area contributed by atoms with Crippen LogP contribution in [0.3, 0.4) is 0 Å². The van der Waals surface area contributed by atoms with Gasteiger partial charge in [0, 0.05) is 52.5 Å². The zero-order valence-electron chi connectivity index (χ0n) is 29.1. The molecular formula is C32H47F3N4O12. The van der Waals surface area contributed by atoms with Crippen LogP contribution >= 0.6 is 0 Å². The van der Waals surface area contributed by atoms with Crippen LogP contribution < -0.4 is 10.6 Å². The Morgan fingerprint density at radius 1 is 1.16 bits per heavy atom. The molecule has 7 atom stereocenters. The van der Waals surface area contributed by atoms with E-state index in [-0.39, 0.29) is 31.9 Å². The third kappa shape index (κ3) is 9.31. The molecule has 0 aromatic carbocycles. The molecule has 1 spiro atoms. The van der Waals surface area contributed by atoms with Crippen LogP contribution in [-0.4, -0.2) is 147 Å². The quantitative estimate of drug-likeness (QED) is 0.195. The lowest BCUT2D eigenvalue weighted by Gasteiger charge is -2.49. The van der Waals surface area contributed by atoms with Gasteiger partial charge in [-0.3, -0.25) is 14.5 Å². The molecule has 19 heteroatoms. The number of aliphatic carboxylic acids is 1. The van der Waals surface area contributed by atoms with E-state index in [1.165, 1.54) is 6.92 Å². The molecule has 0 radical (unpaired) electrons. The number of nitrogens with zero attached hydrogens (tertiary/aromatic N) is 2. The lowest BCUT2D eigenvalue weighted by atomic mass is 9.81. The largest absolute Gasteiger partial charge is 0.479 e. The second kappa shape index (κ2) is 15.2. The van der Waals surface area contributed by atoms with Crippen LogP contribution in [-0.2, 0) is 30.0 Å². The van der Waals surface area contributed by atoms with Gasteiger partial charge in [-0.1, -0.05) is 0 Å². The van der Waals surface area contributed by atoms with Crippen LogP contribution in [0.25, 0.3) is 0 Å². The predicted molar refractivity (Wildman–Crippen MR) is 168 cm³/mol. The Balaban J connectivity index is 1.51. The van der Waals surface area contributed by atoms with Gasteiger partial charge in [0.1, 0.15) is 23.6 Å². The van der Waals surface area contributed by atoms with Crippen molar-refractivity contribution in [3.63, 3.8) is 0 Å². The van der Waals surface area contributed by atoms with Crippen molar-refractivity contribution in [2.75, 3.05) is 45.9 Å². The van der Waals surface area contributed by atoms with Gasteiger partial charge in [0.05, 0.1) is 42.6 Å². The third-order valence-corrected chi connectivity index (χ3v) is 9.31. The number of aliphatic hydroxyl groups is 3. The van der Waals surface area contributed by atoms with Crippen molar-refractivity contribution in [2.24, 2.45) is 0 Å². The molecule has 0 bridgehead atoms. The summed E-state index contributed by atoms with van der Waals surface area (Å²) in [6.45, 7) is 8.40. The number of halogens is 3. The number of hydrogen-bond acceptors (Lipinski definition) is 12. The van der Waals surface area contributed by atoms with Gasteiger partial charge in [-0.25, -0.2) is 9.59 Å². The highest BCUT2D eigenvalue weighted by molar-refractivity contribution is 5.95. The maximum Gasteiger partial charge on any atom is 0.450 e. The molecule has 3 fully saturated rings. The Hall–Kier alpha value is -3.49. The maximum atomic E-state index is 13.4. The fourth-order valence-corrected chi connectivity index (χ4v) is 6.84. The minimum atomic E-state index is -4.99.